The van der Waals surface area contributed by atoms with Crippen LogP contribution in [-0.4, -0.2) is 43.8 Å². The van der Waals surface area contributed by atoms with Crippen LogP contribution >= 0.6 is 15.9 Å². The van der Waals surface area contributed by atoms with Crippen molar-refractivity contribution < 1.29 is 9.53 Å². The highest BCUT2D eigenvalue weighted by molar-refractivity contribution is 9.10. The highest BCUT2D eigenvalue weighted by atomic mass is 79.9. The second-order valence-corrected chi connectivity index (χ2v) is 5.52. The number of ether oxygens (including phenoxy) is 1. The molecule has 104 valence electrons. The van der Waals surface area contributed by atoms with Gasteiger partial charge in [0.2, 0.25) is 0 Å². The molecule has 0 aromatic heterocycles. The van der Waals surface area contributed by atoms with Gasteiger partial charge in [-0.3, -0.25) is 0 Å². The van der Waals surface area contributed by atoms with Gasteiger partial charge in [-0.05, 0) is 37.6 Å². The molecule has 0 saturated carbocycles. The number of amides is 1. The summed E-state index contributed by atoms with van der Waals surface area (Å²) in [5.41, 5.74) is 2.49. The van der Waals surface area contributed by atoms with E-state index in [1.165, 1.54) is 11.3 Å². The Kier molecular flexibility index (Phi) is 4.69. The van der Waals surface area contributed by atoms with Crippen molar-refractivity contribution in [1.29, 1.82) is 0 Å². The molecular weight excluding hydrogens is 308 g/mol. The van der Waals surface area contributed by atoms with Gasteiger partial charge in [0.05, 0.1) is 6.61 Å². The van der Waals surface area contributed by atoms with E-state index in [2.05, 4.69) is 46.0 Å². The third-order valence-electron chi connectivity index (χ3n) is 3.31. The van der Waals surface area contributed by atoms with Crippen molar-refractivity contribution in [2.45, 2.75) is 13.8 Å². The maximum atomic E-state index is 11.6. The van der Waals surface area contributed by atoms with Gasteiger partial charge in [-0.1, -0.05) is 15.9 Å². The summed E-state index contributed by atoms with van der Waals surface area (Å²) in [5, 5.41) is 0. The van der Waals surface area contributed by atoms with Crippen molar-refractivity contribution in [2.24, 2.45) is 0 Å². The Balaban J connectivity index is 1.98. The molecule has 0 radical (unpaired) electrons. The standard InChI is InChI=1S/C14H19BrN2O2/c1-3-19-14(18)17-8-6-16(7-9-17)13-5-4-12(15)10-11(13)2/h4-5,10H,3,6-9H2,1-2H3. The summed E-state index contributed by atoms with van der Waals surface area (Å²) in [5.74, 6) is 0. The molecule has 1 saturated heterocycles. The normalized spacial score (nSPS) is 15.5. The zero-order valence-electron chi connectivity index (χ0n) is 11.4. The van der Waals surface area contributed by atoms with E-state index in [1.807, 2.05) is 6.92 Å². The Bertz CT molecular complexity index is 457. The van der Waals surface area contributed by atoms with Crippen molar-refractivity contribution in [1.82, 2.24) is 4.90 Å². The van der Waals surface area contributed by atoms with Gasteiger partial charge in [0, 0.05) is 36.3 Å². The Morgan fingerprint density at radius 1 is 1.32 bits per heavy atom. The highest BCUT2D eigenvalue weighted by Gasteiger charge is 2.22. The summed E-state index contributed by atoms with van der Waals surface area (Å²) < 4.78 is 6.12. The fourth-order valence-electron chi connectivity index (χ4n) is 2.32. The van der Waals surface area contributed by atoms with Gasteiger partial charge in [0.1, 0.15) is 0 Å². The average Bonchev–Trinajstić information content (AvgIpc) is 2.39. The highest BCUT2D eigenvalue weighted by Crippen LogP contribution is 2.24. The summed E-state index contributed by atoms with van der Waals surface area (Å²) >= 11 is 3.48. The summed E-state index contributed by atoms with van der Waals surface area (Å²) in [6.07, 6.45) is -0.199. The first-order valence-electron chi connectivity index (χ1n) is 6.54. The lowest BCUT2D eigenvalue weighted by molar-refractivity contribution is 0.105. The molecule has 5 heteroatoms. The lowest BCUT2D eigenvalue weighted by atomic mass is 10.1. The summed E-state index contributed by atoms with van der Waals surface area (Å²) in [6, 6.07) is 6.30. The Hall–Kier alpha value is -1.23. The van der Waals surface area contributed by atoms with E-state index >= 15 is 0 Å². The molecule has 1 aromatic carbocycles. The van der Waals surface area contributed by atoms with Crippen molar-refractivity contribution in [3.8, 4) is 0 Å². The first-order chi connectivity index (χ1) is 9.11. The number of aryl methyl sites for hydroxylation is 1. The first kappa shape index (κ1) is 14.2. The fraction of sp³-hybridized carbons (Fsp3) is 0.500. The molecule has 4 nitrogen and oxygen atoms in total. The van der Waals surface area contributed by atoms with Crippen LogP contribution in [0.4, 0.5) is 10.5 Å². The lowest BCUT2D eigenvalue weighted by Gasteiger charge is -2.36. The van der Waals surface area contributed by atoms with E-state index in [0.717, 1.165) is 17.6 Å². The van der Waals surface area contributed by atoms with E-state index < -0.39 is 0 Å². The first-order valence-corrected chi connectivity index (χ1v) is 7.34. The number of benzene rings is 1. The number of nitrogens with zero attached hydrogens (tertiary/aromatic N) is 2. The van der Waals surface area contributed by atoms with Crippen LogP contribution < -0.4 is 4.90 Å². The van der Waals surface area contributed by atoms with Crippen LogP contribution in [0.3, 0.4) is 0 Å². The maximum Gasteiger partial charge on any atom is 0.409 e. The van der Waals surface area contributed by atoms with Crippen LogP contribution in [0.2, 0.25) is 0 Å². The number of hydrogen-bond acceptors (Lipinski definition) is 3. The number of anilines is 1. The van der Waals surface area contributed by atoms with Crippen molar-refractivity contribution in [2.75, 3.05) is 37.7 Å². The number of hydrogen-bond donors (Lipinski definition) is 0. The van der Waals surface area contributed by atoms with Crippen molar-refractivity contribution in [3.05, 3.63) is 28.2 Å². The van der Waals surface area contributed by atoms with E-state index in [1.54, 1.807) is 4.90 Å². The minimum atomic E-state index is -0.199. The number of halogens is 1. The third kappa shape index (κ3) is 3.41. The third-order valence-corrected chi connectivity index (χ3v) is 3.80. The molecule has 1 amide bonds. The number of piperazine rings is 1. The van der Waals surface area contributed by atoms with Crippen LogP contribution in [0.5, 0.6) is 0 Å². The molecule has 1 aliphatic rings. The second kappa shape index (κ2) is 6.28. The molecule has 0 atom stereocenters. The molecule has 0 spiro atoms. The summed E-state index contributed by atoms with van der Waals surface area (Å²) in [7, 11) is 0. The summed E-state index contributed by atoms with van der Waals surface area (Å²) in [4.78, 5) is 15.7. The van der Waals surface area contributed by atoms with Crippen molar-refractivity contribution in [3.63, 3.8) is 0 Å². The Morgan fingerprint density at radius 3 is 2.58 bits per heavy atom. The van der Waals surface area contributed by atoms with E-state index in [9.17, 15) is 4.79 Å². The average molecular weight is 327 g/mol. The topological polar surface area (TPSA) is 32.8 Å². The molecule has 1 aliphatic heterocycles. The summed E-state index contributed by atoms with van der Waals surface area (Å²) in [6.45, 7) is 7.51. The van der Waals surface area contributed by atoms with Gasteiger partial charge in [0.15, 0.2) is 0 Å². The maximum absolute atomic E-state index is 11.6. The van der Waals surface area contributed by atoms with Gasteiger partial charge in [0.25, 0.3) is 0 Å². The monoisotopic (exact) mass is 326 g/mol. The van der Waals surface area contributed by atoms with Crippen LogP contribution in [0, 0.1) is 6.92 Å². The van der Waals surface area contributed by atoms with Crippen molar-refractivity contribution >= 4 is 27.7 Å². The number of carbonyl (C=O) groups is 1. The molecule has 2 rings (SSSR count). The number of carbonyl (C=O) groups excluding carboxylic acids is 1. The molecule has 1 heterocycles. The van der Waals surface area contributed by atoms with Gasteiger partial charge in [-0.25, -0.2) is 4.79 Å². The second-order valence-electron chi connectivity index (χ2n) is 4.60. The van der Waals surface area contributed by atoms with Crippen LogP contribution in [0.15, 0.2) is 22.7 Å². The molecule has 0 aliphatic carbocycles. The van der Waals surface area contributed by atoms with E-state index in [4.69, 9.17) is 4.74 Å². The van der Waals surface area contributed by atoms with Crippen LogP contribution in [0.1, 0.15) is 12.5 Å². The van der Waals surface area contributed by atoms with Gasteiger partial charge in [-0.2, -0.15) is 0 Å². The molecule has 1 fully saturated rings. The van der Waals surface area contributed by atoms with Gasteiger partial charge < -0.3 is 14.5 Å². The van der Waals surface area contributed by atoms with E-state index in [-0.39, 0.29) is 6.09 Å². The van der Waals surface area contributed by atoms with E-state index in [0.29, 0.717) is 19.7 Å². The fourth-order valence-corrected chi connectivity index (χ4v) is 2.79. The van der Waals surface area contributed by atoms with Crippen LogP contribution in [-0.2, 0) is 4.74 Å². The SMILES string of the molecule is CCOC(=O)N1CCN(c2ccc(Br)cc2C)CC1. The Labute approximate surface area is 122 Å². The smallest absolute Gasteiger partial charge is 0.409 e. The minimum Gasteiger partial charge on any atom is -0.450 e. The zero-order valence-corrected chi connectivity index (χ0v) is 12.9. The van der Waals surface area contributed by atoms with Gasteiger partial charge >= 0.3 is 6.09 Å². The zero-order chi connectivity index (χ0) is 13.8. The predicted molar refractivity (Wildman–Crippen MR) is 79.7 cm³/mol. The molecular formula is C14H19BrN2O2. The number of rotatable bonds is 2. The molecule has 1 aromatic rings. The molecule has 19 heavy (non-hydrogen) atoms. The largest absolute Gasteiger partial charge is 0.450 e. The van der Waals surface area contributed by atoms with Gasteiger partial charge in [-0.15, -0.1) is 0 Å². The van der Waals surface area contributed by atoms with Crippen LogP contribution in [0.25, 0.3) is 0 Å². The molecule has 0 N–H and O–H groups in total. The molecule has 0 unspecified atom stereocenters. The minimum absolute atomic E-state index is 0.199. The predicted octanol–water partition coefficient (Wildman–Crippen LogP) is 3.04. The lowest BCUT2D eigenvalue weighted by Crippen LogP contribution is -2.49. The quantitative estimate of drug-likeness (QED) is 0.837. The Morgan fingerprint density at radius 2 is 2.00 bits per heavy atom. The molecule has 0 bridgehead atoms.